The van der Waals surface area contributed by atoms with Crippen LogP contribution in [-0.2, 0) is 0 Å². The van der Waals surface area contributed by atoms with Crippen molar-refractivity contribution in [3.05, 3.63) is 38.8 Å². The predicted octanol–water partition coefficient (Wildman–Crippen LogP) is 4.84. The minimum Gasteiger partial charge on any atom is -0.494 e. The Morgan fingerprint density at radius 3 is 2.70 bits per heavy atom. The molecule has 0 fully saturated rings. The average molecular weight is 357 g/mol. The summed E-state index contributed by atoms with van der Waals surface area (Å²) < 4.78 is 19.7. The van der Waals surface area contributed by atoms with Crippen molar-refractivity contribution in [1.29, 1.82) is 0 Å². The largest absolute Gasteiger partial charge is 0.494 e. The number of H-pyrrole nitrogens is 1. The Bertz CT molecular complexity index is 700. The maximum absolute atomic E-state index is 13.5. The average Bonchev–Trinajstić information content (AvgIpc) is 2.42. The van der Waals surface area contributed by atoms with Gasteiger partial charge in [-0.2, -0.15) is 0 Å². The lowest BCUT2D eigenvalue weighted by Crippen LogP contribution is -2.00. The van der Waals surface area contributed by atoms with Crippen molar-refractivity contribution < 1.29 is 9.13 Å². The van der Waals surface area contributed by atoms with Crippen LogP contribution in [0.1, 0.15) is 25.5 Å². The Morgan fingerprint density at radius 2 is 2.10 bits per heavy atom. The number of aromatic amines is 1. The number of rotatable bonds is 3. The zero-order chi connectivity index (χ0) is 14.9. The van der Waals surface area contributed by atoms with Crippen LogP contribution in [0.4, 0.5) is 4.39 Å². The van der Waals surface area contributed by atoms with Gasteiger partial charge in [0.25, 0.3) is 0 Å². The maximum atomic E-state index is 13.5. The minimum absolute atomic E-state index is 0.178. The third-order valence-electron chi connectivity index (χ3n) is 2.89. The first-order valence-corrected chi connectivity index (χ1v) is 7.27. The minimum atomic E-state index is -0.406. The normalized spacial score (nSPS) is 10.9. The molecule has 106 valence electrons. The number of ether oxygens (including phenoxy) is 1. The fourth-order valence-electron chi connectivity index (χ4n) is 1.82. The number of benzene rings is 1. The van der Waals surface area contributed by atoms with Crippen molar-refractivity contribution in [2.75, 3.05) is 7.11 Å². The molecule has 3 nitrogen and oxygen atoms in total. The third kappa shape index (κ3) is 2.91. The second-order valence-corrected chi connectivity index (χ2v) is 5.80. The number of hydrogen-bond donors (Lipinski definition) is 1. The summed E-state index contributed by atoms with van der Waals surface area (Å²) >= 11 is 8.70. The molecule has 0 atom stereocenters. The lowest BCUT2D eigenvalue weighted by molar-refractivity contribution is 0.386. The Hall–Kier alpha value is -1.27. The van der Waals surface area contributed by atoms with Crippen molar-refractivity contribution >= 4 is 28.1 Å². The van der Waals surface area contributed by atoms with Crippen LogP contribution < -0.4 is 4.74 Å². The Labute approximate surface area is 130 Å². The molecule has 1 aromatic heterocycles. The summed E-state index contributed by atoms with van der Waals surface area (Å²) in [5.74, 6) is 0.629. The molecule has 0 unspecified atom stereocenters. The summed E-state index contributed by atoms with van der Waals surface area (Å²) in [6.07, 6.45) is 0. The molecule has 6 heteroatoms. The van der Waals surface area contributed by atoms with Crippen LogP contribution in [-0.4, -0.2) is 17.1 Å². The first-order chi connectivity index (χ1) is 9.43. The second-order valence-electron chi connectivity index (χ2n) is 4.62. The number of nitrogens with zero attached hydrogens (tertiary/aromatic N) is 1. The summed E-state index contributed by atoms with van der Waals surface area (Å²) in [5.41, 5.74) is 1.69. The smallest absolute Gasteiger partial charge is 0.165 e. The van der Waals surface area contributed by atoms with Gasteiger partial charge in [0.2, 0.25) is 0 Å². The van der Waals surface area contributed by atoms with E-state index in [2.05, 4.69) is 39.7 Å². The van der Waals surface area contributed by atoms with E-state index in [1.165, 1.54) is 13.2 Å². The Balaban J connectivity index is 2.61. The van der Waals surface area contributed by atoms with Crippen molar-refractivity contribution in [1.82, 2.24) is 9.97 Å². The fourth-order valence-corrected chi connectivity index (χ4v) is 2.66. The van der Waals surface area contributed by atoms with E-state index in [4.69, 9.17) is 17.0 Å². The van der Waals surface area contributed by atoms with E-state index in [0.29, 0.717) is 10.5 Å². The number of aromatic nitrogens is 2. The van der Waals surface area contributed by atoms with E-state index < -0.39 is 5.82 Å². The molecule has 1 aromatic carbocycles. The zero-order valence-electron chi connectivity index (χ0n) is 11.3. The molecule has 0 aliphatic heterocycles. The highest BCUT2D eigenvalue weighted by molar-refractivity contribution is 9.10. The van der Waals surface area contributed by atoms with Gasteiger partial charge in [0, 0.05) is 11.3 Å². The highest BCUT2D eigenvalue weighted by atomic mass is 79.9. The fraction of sp³-hybridized carbons (Fsp3) is 0.286. The first-order valence-electron chi connectivity index (χ1n) is 6.07. The van der Waals surface area contributed by atoms with Crippen LogP contribution in [0.15, 0.2) is 22.7 Å². The van der Waals surface area contributed by atoms with Crippen LogP contribution in [0.25, 0.3) is 11.4 Å². The summed E-state index contributed by atoms with van der Waals surface area (Å²) in [4.78, 5) is 7.56. The summed E-state index contributed by atoms with van der Waals surface area (Å²) in [5, 5.41) is 0. The standard InChI is InChI=1S/C14H14BrFN2OS/c1-7(2)12-11(15)14(20)18-13(17-12)8-4-5-9(16)10(6-8)19-3/h4-7H,1-3H3,(H,17,18,20). The summed E-state index contributed by atoms with van der Waals surface area (Å²) in [6, 6.07) is 4.59. The van der Waals surface area contributed by atoms with Gasteiger partial charge in [-0.25, -0.2) is 9.37 Å². The van der Waals surface area contributed by atoms with Crippen molar-refractivity contribution in [2.45, 2.75) is 19.8 Å². The van der Waals surface area contributed by atoms with Gasteiger partial charge < -0.3 is 9.72 Å². The van der Waals surface area contributed by atoms with Crippen LogP contribution in [0.3, 0.4) is 0 Å². The number of hydrogen-bond acceptors (Lipinski definition) is 3. The molecule has 0 saturated heterocycles. The molecule has 0 bridgehead atoms. The molecule has 0 radical (unpaired) electrons. The van der Waals surface area contributed by atoms with Crippen LogP contribution in [0, 0.1) is 10.5 Å². The summed E-state index contributed by atoms with van der Waals surface area (Å²) in [6.45, 7) is 4.11. The van der Waals surface area contributed by atoms with Gasteiger partial charge in [0.1, 0.15) is 10.5 Å². The quantitative estimate of drug-likeness (QED) is 0.799. The van der Waals surface area contributed by atoms with Gasteiger partial charge in [0.15, 0.2) is 11.6 Å². The molecule has 2 rings (SSSR count). The van der Waals surface area contributed by atoms with Gasteiger partial charge in [-0.3, -0.25) is 0 Å². The van der Waals surface area contributed by atoms with E-state index in [-0.39, 0.29) is 11.7 Å². The zero-order valence-corrected chi connectivity index (χ0v) is 13.7. The lowest BCUT2D eigenvalue weighted by Gasteiger charge is -2.12. The van der Waals surface area contributed by atoms with E-state index >= 15 is 0 Å². The lowest BCUT2D eigenvalue weighted by atomic mass is 10.1. The van der Waals surface area contributed by atoms with E-state index in [1.807, 2.05) is 0 Å². The van der Waals surface area contributed by atoms with E-state index in [1.54, 1.807) is 12.1 Å². The predicted molar refractivity (Wildman–Crippen MR) is 83.2 cm³/mol. The van der Waals surface area contributed by atoms with E-state index in [0.717, 1.165) is 15.7 Å². The molecule has 0 saturated carbocycles. The highest BCUT2D eigenvalue weighted by Gasteiger charge is 2.12. The van der Waals surface area contributed by atoms with Gasteiger partial charge in [-0.05, 0) is 40.0 Å². The van der Waals surface area contributed by atoms with Gasteiger partial charge in [0.05, 0.1) is 11.6 Å². The van der Waals surface area contributed by atoms with Crippen molar-refractivity contribution in [2.24, 2.45) is 0 Å². The van der Waals surface area contributed by atoms with Crippen LogP contribution >= 0.6 is 28.1 Å². The highest BCUT2D eigenvalue weighted by Crippen LogP contribution is 2.28. The molecule has 0 spiro atoms. The molecule has 0 aliphatic rings. The Kier molecular flexibility index (Phi) is 4.55. The monoisotopic (exact) mass is 356 g/mol. The topological polar surface area (TPSA) is 37.9 Å². The van der Waals surface area contributed by atoms with Gasteiger partial charge >= 0.3 is 0 Å². The second kappa shape index (κ2) is 6.01. The van der Waals surface area contributed by atoms with Crippen LogP contribution in [0.5, 0.6) is 5.75 Å². The number of halogens is 2. The molecular formula is C14H14BrFN2OS. The SMILES string of the molecule is COc1cc(-c2nc(=S)c(Br)c(C(C)C)[nH]2)ccc1F. The molecule has 0 amide bonds. The van der Waals surface area contributed by atoms with Crippen molar-refractivity contribution in [3.8, 4) is 17.1 Å². The third-order valence-corrected chi connectivity index (χ3v) is 4.25. The first kappa shape index (κ1) is 15.1. The van der Waals surface area contributed by atoms with Gasteiger partial charge in [-0.15, -0.1) is 0 Å². The molecule has 20 heavy (non-hydrogen) atoms. The number of nitrogens with one attached hydrogen (secondary N) is 1. The molecular weight excluding hydrogens is 343 g/mol. The van der Waals surface area contributed by atoms with Gasteiger partial charge in [-0.1, -0.05) is 26.1 Å². The number of methoxy groups -OCH3 is 1. The maximum Gasteiger partial charge on any atom is 0.165 e. The molecule has 2 aromatic rings. The van der Waals surface area contributed by atoms with E-state index in [9.17, 15) is 4.39 Å². The van der Waals surface area contributed by atoms with Crippen LogP contribution in [0.2, 0.25) is 0 Å². The molecule has 1 heterocycles. The van der Waals surface area contributed by atoms with Crippen molar-refractivity contribution in [3.63, 3.8) is 0 Å². The Morgan fingerprint density at radius 1 is 1.40 bits per heavy atom. The summed E-state index contributed by atoms with van der Waals surface area (Å²) in [7, 11) is 1.43. The molecule has 1 N–H and O–H groups in total. The molecule has 0 aliphatic carbocycles.